The molecule has 0 radical (unpaired) electrons. The number of aryl methyl sites for hydroxylation is 1. The minimum Gasteiger partial charge on any atom is -0.455 e. The van der Waals surface area contributed by atoms with Gasteiger partial charge in [-0.05, 0) is 43.3 Å². The molecule has 136 valence electrons. The number of hydrogen-bond donors (Lipinski definition) is 1. The SMILES string of the molecule is Cc1ccc(C(=O)OCC(=O)Nc2ccccc2Oc2ccccc2)cn1. The van der Waals surface area contributed by atoms with Crippen molar-refractivity contribution in [3.8, 4) is 11.5 Å². The fraction of sp³-hybridized carbons (Fsp3) is 0.0952. The highest BCUT2D eigenvalue weighted by molar-refractivity contribution is 5.96. The van der Waals surface area contributed by atoms with E-state index in [0.29, 0.717) is 22.7 Å². The number of pyridine rings is 1. The maximum atomic E-state index is 12.1. The van der Waals surface area contributed by atoms with Crippen molar-refractivity contribution in [2.45, 2.75) is 6.92 Å². The van der Waals surface area contributed by atoms with Crippen LogP contribution in [0.15, 0.2) is 72.9 Å². The molecule has 0 aliphatic heterocycles. The van der Waals surface area contributed by atoms with Crippen LogP contribution in [0.3, 0.4) is 0 Å². The van der Waals surface area contributed by atoms with Crippen LogP contribution < -0.4 is 10.1 Å². The number of rotatable bonds is 6. The Balaban J connectivity index is 1.59. The lowest BCUT2D eigenvalue weighted by Gasteiger charge is -2.12. The normalized spacial score (nSPS) is 10.1. The third-order valence-corrected chi connectivity index (χ3v) is 3.61. The van der Waals surface area contributed by atoms with Gasteiger partial charge in [0, 0.05) is 11.9 Å². The van der Waals surface area contributed by atoms with E-state index in [0.717, 1.165) is 5.69 Å². The number of benzene rings is 2. The summed E-state index contributed by atoms with van der Waals surface area (Å²) < 4.78 is 10.8. The second-order valence-electron chi connectivity index (χ2n) is 5.72. The van der Waals surface area contributed by atoms with Gasteiger partial charge >= 0.3 is 5.97 Å². The summed E-state index contributed by atoms with van der Waals surface area (Å²) in [7, 11) is 0. The fourth-order valence-electron chi connectivity index (χ4n) is 2.26. The van der Waals surface area contributed by atoms with E-state index in [4.69, 9.17) is 9.47 Å². The lowest BCUT2D eigenvalue weighted by atomic mass is 10.2. The smallest absolute Gasteiger partial charge is 0.340 e. The summed E-state index contributed by atoms with van der Waals surface area (Å²) in [5.41, 5.74) is 1.57. The maximum absolute atomic E-state index is 12.1. The monoisotopic (exact) mass is 362 g/mol. The predicted octanol–water partition coefficient (Wildman–Crippen LogP) is 3.98. The summed E-state index contributed by atoms with van der Waals surface area (Å²) in [5.74, 6) is 0.0719. The number of para-hydroxylation sites is 3. The van der Waals surface area contributed by atoms with E-state index in [1.54, 1.807) is 36.4 Å². The first-order valence-electron chi connectivity index (χ1n) is 8.33. The first-order chi connectivity index (χ1) is 13.1. The molecule has 27 heavy (non-hydrogen) atoms. The van der Waals surface area contributed by atoms with Crippen molar-refractivity contribution in [3.05, 3.63) is 84.2 Å². The van der Waals surface area contributed by atoms with Crippen LogP contribution in [-0.2, 0) is 9.53 Å². The highest BCUT2D eigenvalue weighted by atomic mass is 16.5. The van der Waals surface area contributed by atoms with Crippen LogP contribution in [-0.4, -0.2) is 23.5 Å². The van der Waals surface area contributed by atoms with Gasteiger partial charge in [-0.2, -0.15) is 0 Å². The molecular weight excluding hydrogens is 344 g/mol. The van der Waals surface area contributed by atoms with E-state index < -0.39 is 18.5 Å². The van der Waals surface area contributed by atoms with Crippen molar-refractivity contribution < 1.29 is 19.1 Å². The molecule has 0 atom stereocenters. The van der Waals surface area contributed by atoms with Crippen LogP contribution in [0.4, 0.5) is 5.69 Å². The first-order valence-corrected chi connectivity index (χ1v) is 8.33. The van der Waals surface area contributed by atoms with Gasteiger partial charge in [-0.25, -0.2) is 4.79 Å². The van der Waals surface area contributed by atoms with Gasteiger partial charge < -0.3 is 14.8 Å². The molecule has 0 saturated carbocycles. The first kappa shape index (κ1) is 18.1. The van der Waals surface area contributed by atoms with Crippen LogP contribution in [0.5, 0.6) is 11.5 Å². The average molecular weight is 362 g/mol. The number of ether oxygens (including phenoxy) is 2. The van der Waals surface area contributed by atoms with Gasteiger partial charge in [0.1, 0.15) is 5.75 Å². The van der Waals surface area contributed by atoms with E-state index in [9.17, 15) is 9.59 Å². The molecule has 0 bridgehead atoms. The van der Waals surface area contributed by atoms with Gasteiger partial charge in [-0.1, -0.05) is 30.3 Å². The summed E-state index contributed by atoms with van der Waals surface area (Å²) in [6.45, 7) is 1.41. The highest BCUT2D eigenvalue weighted by Crippen LogP contribution is 2.28. The summed E-state index contributed by atoms with van der Waals surface area (Å²) in [6.07, 6.45) is 1.42. The Hall–Kier alpha value is -3.67. The molecule has 2 aromatic carbocycles. The number of anilines is 1. The molecule has 0 unspecified atom stereocenters. The van der Waals surface area contributed by atoms with E-state index >= 15 is 0 Å². The van der Waals surface area contributed by atoms with Crippen molar-refractivity contribution in [1.82, 2.24) is 4.98 Å². The van der Waals surface area contributed by atoms with Gasteiger partial charge in [0.2, 0.25) is 0 Å². The largest absolute Gasteiger partial charge is 0.455 e. The van der Waals surface area contributed by atoms with Gasteiger partial charge in [0.15, 0.2) is 12.4 Å². The second kappa shape index (κ2) is 8.62. The van der Waals surface area contributed by atoms with Crippen molar-refractivity contribution in [2.75, 3.05) is 11.9 Å². The van der Waals surface area contributed by atoms with Gasteiger partial charge in [-0.15, -0.1) is 0 Å². The zero-order valence-electron chi connectivity index (χ0n) is 14.7. The minimum atomic E-state index is -0.605. The molecular formula is C21H18N2O4. The molecule has 3 aromatic rings. The van der Waals surface area contributed by atoms with Gasteiger partial charge in [0.05, 0.1) is 11.3 Å². The van der Waals surface area contributed by atoms with Gasteiger partial charge in [0.25, 0.3) is 5.91 Å². The van der Waals surface area contributed by atoms with Crippen molar-refractivity contribution in [2.24, 2.45) is 0 Å². The molecule has 0 fully saturated rings. The Morgan fingerprint density at radius 2 is 1.70 bits per heavy atom. The Kier molecular flexibility index (Phi) is 5.79. The highest BCUT2D eigenvalue weighted by Gasteiger charge is 2.12. The Morgan fingerprint density at radius 1 is 0.963 bits per heavy atom. The summed E-state index contributed by atoms with van der Waals surface area (Å²) >= 11 is 0. The Morgan fingerprint density at radius 3 is 2.44 bits per heavy atom. The molecule has 3 rings (SSSR count). The molecule has 0 aliphatic carbocycles. The molecule has 1 heterocycles. The molecule has 0 aliphatic rings. The molecule has 0 saturated heterocycles. The van der Waals surface area contributed by atoms with E-state index in [2.05, 4.69) is 10.3 Å². The van der Waals surface area contributed by atoms with Crippen molar-refractivity contribution >= 4 is 17.6 Å². The second-order valence-corrected chi connectivity index (χ2v) is 5.72. The zero-order valence-corrected chi connectivity index (χ0v) is 14.7. The predicted molar refractivity (Wildman–Crippen MR) is 101 cm³/mol. The fourth-order valence-corrected chi connectivity index (χ4v) is 2.26. The number of amides is 1. The van der Waals surface area contributed by atoms with Gasteiger partial charge in [-0.3, -0.25) is 9.78 Å². The van der Waals surface area contributed by atoms with E-state index in [-0.39, 0.29) is 0 Å². The van der Waals surface area contributed by atoms with Crippen LogP contribution in [0.25, 0.3) is 0 Å². The molecule has 1 N–H and O–H groups in total. The molecule has 6 nitrogen and oxygen atoms in total. The van der Waals surface area contributed by atoms with E-state index in [1.807, 2.05) is 37.3 Å². The summed E-state index contributed by atoms with van der Waals surface area (Å²) in [6, 6.07) is 19.6. The van der Waals surface area contributed by atoms with Crippen molar-refractivity contribution in [1.29, 1.82) is 0 Å². The van der Waals surface area contributed by atoms with Crippen LogP contribution in [0, 0.1) is 6.92 Å². The Labute approximate surface area is 156 Å². The minimum absolute atomic E-state index is 0.293. The number of aromatic nitrogens is 1. The average Bonchev–Trinajstić information content (AvgIpc) is 2.69. The third kappa shape index (κ3) is 5.15. The molecule has 1 aromatic heterocycles. The van der Waals surface area contributed by atoms with Crippen LogP contribution in [0.2, 0.25) is 0 Å². The number of hydrogen-bond acceptors (Lipinski definition) is 5. The van der Waals surface area contributed by atoms with E-state index in [1.165, 1.54) is 6.20 Å². The molecule has 0 spiro atoms. The van der Waals surface area contributed by atoms with Crippen LogP contribution in [0.1, 0.15) is 16.1 Å². The third-order valence-electron chi connectivity index (χ3n) is 3.61. The summed E-state index contributed by atoms with van der Waals surface area (Å²) in [4.78, 5) is 28.1. The lowest BCUT2D eigenvalue weighted by Crippen LogP contribution is -2.21. The number of nitrogens with one attached hydrogen (secondary N) is 1. The molecule has 6 heteroatoms. The number of esters is 1. The molecule has 1 amide bonds. The quantitative estimate of drug-likeness (QED) is 0.671. The summed E-state index contributed by atoms with van der Waals surface area (Å²) in [5, 5.41) is 2.69. The maximum Gasteiger partial charge on any atom is 0.340 e. The van der Waals surface area contributed by atoms with Crippen molar-refractivity contribution in [3.63, 3.8) is 0 Å². The standard InChI is InChI=1S/C21H18N2O4/c1-15-11-12-16(13-22-15)21(25)26-14-20(24)23-18-9-5-6-10-19(18)27-17-7-3-2-4-8-17/h2-13H,14H2,1H3,(H,23,24). The number of carbonyl (C=O) groups excluding carboxylic acids is 2. The topological polar surface area (TPSA) is 77.5 Å². The number of nitrogens with zero attached hydrogens (tertiary/aromatic N) is 1. The van der Waals surface area contributed by atoms with Crippen LogP contribution >= 0.6 is 0 Å². The lowest BCUT2D eigenvalue weighted by molar-refractivity contribution is -0.119. The zero-order chi connectivity index (χ0) is 19.1. The number of carbonyl (C=O) groups is 2. The Bertz CT molecular complexity index is 924.